The molecule has 0 atom stereocenters. The molecule has 0 N–H and O–H groups in total. The number of halogens is 2. The van der Waals surface area contributed by atoms with Gasteiger partial charge in [-0.3, -0.25) is 0 Å². The van der Waals surface area contributed by atoms with Gasteiger partial charge in [0.1, 0.15) is 0 Å². The Morgan fingerprint density at radius 1 is 1.71 bits per heavy atom. The van der Waals surface area contributed by atoms with E-state index in [0.717, 1.165) is 5.94 Å². The first-order valence-electron chi connectivity index (χ1n) is 1.49. The molecule has 1 saturated heterocycles. The predicted octanol–water partition coefficient (Wildman–Crippen LogP) is 0.325. The van der Waals surface area contributed by atoms with Crippen molar-refractivity contribution >= 4 is 5.94 Å². The third kappa shape index (κ3) is 0.484. The van der Waals surface area contributed by atoms with E-state index in [4.69, 9.17) is 0 Å². The number of epoxide rings is 1. The van der Waals surface area contributed by atoms with Gasteiger partial charge in [0.25, 0.3) is 5.76 Å². The minimum absolute atomic E-state index is 0.896. The van der Waals surface area contributed by atoms with Crippen LogP contribution in [0.1, 0.15) is 0 Å². The van der Waals surface area contributed by atoms with Crippen LogP contribution < -0.4 is 0 Å². The van der Waals surface area contributed by atoms with Crippen molar-refractivity contribution in [1.82, 2.24) is 0 Å². The molecule has 0 aromatic rings. The maximum atomic E-state index is 11.3. The molecule has 7 heavy (non-hydrogen) atoms. The molecule has 1 aliphatic heterocycles. The van der Waals surface area contributed by atoms with Gasteiger partial charge in [-0.25, -0.2) is 4.79 Å². The van der Waals surface area contributed by atoms with Crippen LogP contribution in [0.15, 0.2) is 5.76 Å². The molecule has 38 valence electrons. The zero-order valence-corrected chi connectivity index (χ0v) is 3.07. The standard InChI is InChI=1S/C3F2O2/c4-3(5)2(1-6)7-3. The lowest BCUT2D eigenvalue weighted by atomic mass is 10.7. The quantitative estimate of drug-likeness (QED) is 0.329. The molecule has 0 radical (unpaired) electrons. The first kappa shape index (κ1) is 4.27. The van der Waals surface area contributed by atoms with Gasteiger partial charge in [-0.1, -0.05) is 0 Å². The maximum Gasteiger partial charge on any atom is 0.472 e. The van der Waals surface area contributed by atoms with Gasteiger partial charge in [0.2, 0.25) is 0 Å². The van der Waals surface area contributed by atoms with Crippen LogP contribution >= 0.6 is 0 Å². The highest BCUT2D eigenvalue weighted by molar-refractivity contribution is 5.56. The number of carbonyl (C=O) groups excluding carboxylic acids is 1. The summed E-state index contributed by atoms with van der Waals surface area (Å²) < 4.78 is 26.0. The molecule has 0 aliphatic carbocycles. The Bertz CT molecular complexity index is 145. The lowest BCUT2D eigenvalue weighted by Gasteiger charge is -1.68. The average molecular weight is 106 g/mol. The molecular weight excluding hydrogens is 106 g/mol. The van der Waals surface area contributed by atoms with Crippen LogP contribution in [0, 0.1) is 0 Å². The van der Waals surface area contributed by atoms with Crippen molar-refractivity contribution in [3.63, 3.8) is 0 Å². The second-order valence-corrected chi connectivity index (χ2v) is 1.05. The second kappa shape index (κ2) is 0.845. The highest BCUT2D eigenvalue weighted by Crippen LogP contribution is 2.41. The molecule has 0 unspecified atom stereocenters. The monoisotopic (exact) mass is 106 g/mol. The van der Waals surface area contributed by atoms with E-state index in [1.807, 2.05) is 0 Å². The van der Waals surface area contributed by atoms with E-state index in [2.05, 4.69) is 4.74 Å². The smallest absolute Gasteiger partial charge is 0.408 e. The van der Waals surface area contributed by atoms with E-state index in [9.17, 15) is 13.6 Å². The topological polar surface area (TPSA) is 29.6 Å². The average Bonchev–Trinajstić information content (AvgIpc) is 2.13. The molecule has 0 aromatic heterocycles. The van der Waals surface area contributed by atoms with E-state index < -0.39 is 11.9 Å². The van der Waals surface area contributed by atoms with E-state index in [1.54, 1.807) is 0 Å². The van der Waals surface area contributed by atoms with E-state index in [0.29, 0.717) is 0 Å². The van der Waals surface area contributed by atoms with Crippen molar-refractivity contribution in [1.29, 1.82) is 0 Å². The number of ether oxygens (including phenoxy) is 1. The molecule has 0 amide bonds. The Labute approximate surface area is 37.4 Å². The number of rotatable bonds is 0. The molecule has 0 saturated carbocycles. The third-order valence-electron chi connectivity index (χ3n) is 0.546. The minimum Gasteiger partial charge on any atom is -0.408 e. The highest BCUT2D eigenvalue weighted by Gasteiger charge is 2.58. The van der Waals surface area contributed by atoms with Crippen LogP contribution in [0.3, 0.4) is 0 Å². The summed E-state index contributed by atoms with van der Waals surface area (Å²) in [5.74, 6) is 0.0278. The van der Waals surface area contributed by atoms with E-state index >= 15 is 0 Å². The fourth-order valence-corrected chi connectivity index (χ4v) is 0.183. The summed E-state index contributed by atoms with van der Waals surface area (Å²) in [6.07, 6.45) is -3.29. The predicted molar refractivity (Wildman–Crippen MR) is 15.2 cm³/mol. The van der Waals surface area contributed by atoms with Gasteiger partial charge >= 0.3 is 6.11 Å². The lowest BCUT2D eigenvalue weighted by molar-refractivity contribution is 0.00197. The van der Waals surface area contributed by atoms with Crippen LogP contribution in [0.5, 0.6) is 0 Å². The summed E-state index contributed by atoms with van der Waals surface area (Å²) in [6.45, 7) is 0. The summed E-state index contributed by atoms with van der Waals surface area (Å²) in [7, 11) is 0. The zero-order valence-electron chi connectivity index (χ0n) is 3.07. The number of alkyl halides is 2. The van der Waals surface area contributed by atoms with Gasteiger partial charge in [0.15, 0.2) is 5.94 Å². The van der Waals surface area contributed by atoms with Gasteiger partial charge < -0.3 is 4.74 Å². The zero-order chi connectivity index (χ0) is 5.49. The number of hydrogen-bond acceptors (Lipinski definition) is 2. The molecule has 1 fully saturated rings. The van der Waals surface area contributed by atoms with Gasteiger partial charge in [0.05, 0.1) is 0 Å². The SMILES string of the molecule is O=C=C1OC1(F)F. The molecular formula is C3F2O2. The van der Waals surface area contributed by atoms with Crippen molar-refractivity contribution < 1.29 is 18.3 Å². The molecule has 2 nitrogen and oxygen atoms in total. The summed E-state index contributed by atoms with van der Waals surface area (Å²) >= 11 is 0. The molecule has 0 aromatic carbocycles. The van der Waals surface area contributed by atoms with Gasteiger partial charge in [0, 0.05) is 0 Å². The lowest BCUT2D eigenvalue weighted by Crippen LogP contribution is -1.84. The van der Waals surface area contributed by atoms with E-state index in [1.165, 1.54) is 0 Å². The van der Waals surface area contributed by atoms with Crippen molar-refractivity contribution in [2.45, 2.75) is 6.11 Å². The molecule has 1 aliphatic rings. The Kier molecular flexibility index (Phi) is 0.516. The molecule has 1 rings (SSSR count). The first-order valence-corrected chi connectivity index (χ1v) is 1.49. The van der Waals surface area contributed by atoms with Gasteiger partial charge in [-0.2, -0.15) is 8.78 Å². The Balaban J connectivity index is 2.79. The van der Waals surface area contributed by atoms with Gasteiger partial charge in [-0.15, -0.1) is 0 Å². The van der Waals surface area contributed by atoms with Crippen molar-refractivity contribution in [3.05, 3.63) is 5.76 Å². The van der Waals surface area contributed by atoms with Crippen molar-refractivity contribution in [3.8, 4) is 0 Å². The second-order valence-electron chi connectivity index (χ2n) is 1.05. The Hall–Kier alpha value is -0.890. The molecule has 4 heteroatoms. The van der Waals surface area contributed by atoms with E-state index in [-0.39, 0.29) is 0 Å². The van der Waals surface area contributed by atoms with Crippen LogP contribution in [0.25, 0.3) is 0 Å². The van der Waals surface area contributed by atoms with Crippen molar-refractivity contribution in [2.24, 2.45) is 0 Å². The fourth-order valence-electron chi connectivity index (χ4n) is 0.183. The summed E-state index contributed by atoms with van der Waals surface area (Å²) in [6, 6.07) is 0. The van der Waals surface area contributed by atoms with Crippen LogP contribution in [-0.4, -0.2) is 12.0 Å². The Morgan fingerprint density at radius 3 is 2.14 bits per heavy atom. The third-order valence-corrected chi connectivity index (χ3v) is 0.546. The number of hydrogen-bond donors (Lipinski definition) is 0. The first-order chi connectivity index (χ1) is 3.17. The summed E-state index contributed by atoms with van der Waals surface area (Å²) in [5, 5.41) is 0. The minimum atomic E-state index is -3.29. The van der Waals surface area contributed by atoms with Crippen LogP contribution in [-0.2, 0) is 9.53 Å². The normalized spacial score (nSPS) is 22.9. The Morgan fingerprint density at radius 2 is 2.14 bits per heavy atom. The molecule has 0 spiro atoms. The summed E-state index contributed by atoms with van der Waals surface area (Å²) in [4.78, 5) is 9.22. The largest absolute Gasteiger partial charge is 0.472 e. The fraction of sp³-hybridized carbons (Fsp3) is 0.333. The summed E-state index contributed by atoms with van der Waals surface area (Å²) in [5.41, 5.74) is 0. The van der Waals surface area contributed by atoms with Crippen molar-refractivity contribution in [2.75, 3.05) is 0 Å². The van der Waals surface area contributed by atoms with Crippen LogP contribution in [0.2, 0.25) is 0 Å². The van der Waals surface area contributed by atoms with Gasteiger partial charge in [-0.05, 0) is 0 Å². The van der Waals surface area contributed by atoms with Crippen LogP contribution in [0.4, 0.5) is 8.78 Å². The highest BCUT2D eigenvalue weighted by atomic mass is 19.3. The maximum absolute atomic E-state index is 11.3. The molecule has 1 heterocycles. The molecule has 0 bridgehead atoms.